The van der Waals surface area contributed by atoms with Crippen molar-refractivity contribution in [1.82, 2.24) is 0 Å². The van der Waals surface area contributed by atoms with E-state index in [9.17, 15) is 0 Å². The molecule has 0 amide bonds. The Hall–Kier alpha value is -0.0400. The summed E-state index contributed by atoms with van der Waals surface area (Å²) in [7, 11) is 0. The van der Waals surface area contributed by atoms with E-state index in [2.05, 4.69) is 20.8 Å². The zero-order valence-electron chi connectivity index (χ0n) is 9.47. The van der Waals surface area contributed by atoms with Gasteiger partial charge in [0.25, 0.3) is 0 Å². The van der Waals surface area contributed by atoms with Crippen LogP contribution < -0.4 is 5.73 Å². The number of rotatable bonds is 3. The van der Waals surface area contributed by atoms with Gasteiger partial charge in [0.05, 0.1) is 0 Å². The first-order chi connectivity index (χ1) is 6.09. The number of nitrogens with two attached hydrogens (primary N) is 1. The van der Waals surface area contributed by atoms with Crippen molar-refractivity contribution in [2.24, 2.45) is 23.0 Å². The van der Waals surface area contributed by atoms with E-state index < -0.39 is 0 Å². The van der Waals surface area contributed by atoms with E-state index >= 15 is 0 Å². The summed E-state index contributed by atoms with van der Waals surface area (Å²) >= 11 is 0. The van der Waals surface area contributed by atoms with Crippen molar-refractivity contribution in [3.8, 4) is 0 Å². The van der Waals surface area contributed by atoms with Gasteiger partial charge in [0, 0.05) is 0 Å². The van der Waals surface area contributed by atoms with Crippen LogP contribution in [-0.2, 0) is 0 Å². The van der Waals surface area contributed by atoms with Crippen LogP contribution in [0.2, 0.25) is 0 Å². The highest BCUT2D eigenvalue weighted by molar-refractivity contribution is 4.85. The largest absolute Gasteiger partial charge is 0.330 e. The van der Waals surface area contributed by atoms with Crippen molar-refractivity contribution in [3.63, 3.8) is 0 Å². The summed E-state index contributed by atoms with van der Waals surface area (Å²) in [6.07, 6.45) is 7.18. The lowest BCUT2D eigenvalue weighted by atomic mass is 9.65. The predicted molar refractivity (Wildman–Crippen MR) is 58.6 cm³/mol. The molecular weight excluding hydrogens is 158 g/mol. The van der Waals surface area contributed by atoms with E-state index in [0.29, 0.717) is 11.3 Å². The first-order valence-electron chi connectivity index (χ1n) is 5.79. The molecule has 0 aromatic carbocycles. The van der Waals surface area contributed by atoms with Crippen LogP contribution in [0.15, 0.2) is 0 Å². The SMILES string of the molecule is C[C@@H](CN)C(C)(C)C1CCCCC1. The van der Waals surface area contributed by atoms with E-state index in [1.165, 1.54) is 32.1 Å². The molecule has 1 aliphatic rings. The van der Waals surface area contributed by atoms with E-state index in [-0.39, 0.29) is 0 Å². The Morgan fingerprint density at radius 3 is 2.23 bits per heavy atom. The molecule has 1 saturated carbocycles. The van der Waals surface area contributed by atoms with Gasteiger partial charge in [0.2, 0.25) is 0 Å². The molecule has 0 spiro atoms. The van der Waals surface area contributed by atoms with Crippen molar-refractivity contribution >= 4 is 0 Å². The summed E-state index contributed by atoms with van der Waals surface area (Å²) in [6, 6.07) is 0. The second-order valence-corrected chi connectivity index (χ2v) is 5.29. The molecule has 0 aliphatic heterocycles. The minimum atomic E-state index is 0.454. The monoisotopic (exact) mass is 183 g/mol. The second kappa shape index (κ2) is 4.45. The summed E-state index contributed by atoms with van der Waals surface area (Å²) in [5, 5.41) is 0. The van der Waals surface area contributed by atoms with Crippen LogP contribution in [0.3, 0.4) is 0 Å². The maximum absolute atomic E-state index is 5.76. The van der Waals surface area contributed by atoms with Crippen molar-refractivity contribution in [1.29, 1.82) is 0 Å². The average molecular weight is 183 g/mol. The highest BCUT2D eigenvalue weighted by Gasteiger charge is 2.34. The molecule has 0 heterocycles. The maximum Gasteiger partial charge on any atom is -0.00463 e. The molecule has 0 unspecified atom stereocenters. The summed E-state index contributed by atoms with van der Waals surface area (Å²) in [6.45, 7) is 7.94. The first kappa shape index (κ1) is 11.0. The lowest BCUT2D eigenvalue weighted by Gasteiger charge is -2.41. The van der Waals surface area contributed by atoms with Gasteiger partial charge in [-0.1, -0.05) is 40.0 Å². The average Bonchev–Trinajstić information content (AvgIpc) is 2.18. The fourth-order valence-corrected chi connectivity index (χ4v) is 2.55. The third-order valence-corrected chi connectivity index (χ3v) is 4.28. The third-order valence-electron chi connectivity index (χ3n) is 4.28. The highest BCUT2D eigenvalue weighted by Crippen LogP contribution is 2.42. The van der Waals surface area contributed by atoms with Crippen LogP contribution in [-0.4, -0.2) is 6.54 Å². The molecule has 1 atom stereocenters. The van der Waals surface area contributed by atoms with E-state index in [1.807, 2.05) is 0 Å². The lowest BCUT2D eigenvalue weighted by molar-refractivity contribution is 0.0964. The first-order valence-corrected chi connectivity index (χ1v) is 5.79. The molecule has 2 N–H and O–H groups in total. The van der Waals surface area contributed by atoms with Crippen molar-refractivity contribution < 1.29 is 0 Å². The highest BCUT2D eigenvalue weighted by atomic mass is 14.6. The summed E-state index contributed by atoms with van der Waals surface area (Å²) in [5.74, 6) is 1.58. The standard InChI is InChI=1S/C12H25N/c1-10(9-13)12(2,3)11-7-5-4-6-8-11/h10-11H,4-9,13H2,1-3H3/t10-/m0/s1. The molecule has 1 aliphatic carbocycles. The molecule has 1 heteroatoms. The molecule has 0 bridgehead atoms. The van der Waals surface area contributed by atoms with Gasteiger partial charge < -0.3 is 5.73 Å². The quantitative estimate of drug-likeness (QED) is 0.714. The maximum atomic E-state index is 5.76. The number of hydrogen-bond acceptors (Lipinski definition) is 1. The van der Waals surface area contributed by atoms with E-state index in [0.717, 1.165) is 12.5 Å². The van der Waals surface area contributed by atoms with Crippen LogP contribution in [0, 0.1) is 17.3 Å². The molecule has 1 nitrogen and oxygen atoms in total. The van der Waals surface area contributed by atoms with Gasteiger partial charge in [-0.05, 0) is 36.6 Å². The Bertz CT molecular complexity index is 145. The van der Waals surface area contributed by atoms with Crippen LogP contribution >= 0.6 is 0 Å². The summed E-state index contributed by atoms with van der Waals surface area (Å²) < 4.78 is 0. The van der Waals surface area contributed by atoms with Gasteiger partial charge in [0.15, 0.2) is 0 Å². The predicted octanol–water partition coefficient (Wildman–Crippen LogP) is 3.19. The molecule has 0 aromatic rings. The molecule has 0 saturated heterocycles. The third kappa shape index (κ3) is 2.46. The Morgan fingerprint density at radius 1 is 1.23 bits per heavy atom. The van der Waals surface area contributed by atoms with Gasteiger partial charge in [-0.15, -0.1) is 0 Å². The zero-order valence-corrected chi connectivity index (χ0v) is 9.47. The Balaban J connectivity index is 2.55. The topological polar surface area (TPSA) is 26.0 Å². The fourth-order valence-electron chi connectivity index (χ4n) is 2.55. The van der Waals surface area contributed by atoms with Crippen molar-refractivity contribution in [2.45, 2.75) is 52.9 Å². The van der Waals surface area contributed by atoms with Gasteiger partial charge in [0.1, 0.15) is 0 Å². The molecule has 0 aromatic heterocycles. The van der Waals surface area contributed by atoms with E-state index in [1.54, 1.807) is 0 Å². The van der Waals surface area contributed by atoms with Crippen LogP contribution in [0.5, 0.6) is 0 Å². The normalized spacial score (nSPS) is 23.1. The smallest absolute Gasteiger partial charge is 0.00463 e. The summed E-state index contributed by atoms with van der Waals surface area (Å²) in [4.78, 5) is 0. The minimum absolute atomic E-state index is 0.454. The zero-order chi connectivity index (χ0) is 9.90. The molecular formula is C12H25N. The van der Waals surface area contributed by atoms with Gasteiger partial charge in [-0.25, -0.2) is 0 Å². The van der Waals surface area contributed by atoms with Crippen molar-refractivity contribution in [2.75, 3.05) is 6.54 Å². The van der Waals surface area contributed by atoms with Crippen LogP contribution in [0.1, 0.15) is 52.9 Å². The van der Waals surface area contributed by atoms with Crippen LogP contribution in [0.4, 0.5) is 0 Å². The van der Waals surface area contributed by atoms with Gasteiger partial charge >= 0.3 is 0 Å². The van der Waals surface area contributed by atoms with Crippen LogP contribution in [0.25, 0.3) is 0 Å². The summed E-state index contributed by atoms with van der Waals surface area (Å²) in [5.41, 5.74) is 6.22. The van der Waals surface area contributed by atoms with E-state index in [4.69, 9.17) is 5.73 Å². The van der Waals surface area contributed by atoms with Crippen molar-refractivity contribution in [3.05, 3.63) is 0 Å². The molecule has 78 valence electrons. The second-order valence-electron chi connectivity index (χ2n) is 5.29. The van der Waals surface area contributed by atoms with Gasteiger partial charge in [-0.2, -0.15) is 0 Å². The Morgan fingerprint density at radius 2 is 1.77 bits per heavy atom. The molecule has 13 heavy (non-hydrogen) atoms. The Kier molecular flexibility index (Phi) is 3.78. The fraction of sp³-hybridized carbons (Fsp3) is 1.00. The molecule has 0 radical (unpaired) electrons. The molecule has 1 rings (SSSR count). The van der Waals surface area contributed by atoms with Gasteiger partial charge in [-0.3, -0.25) is 0 Å². The molecule has 1 fully saturated rings. The Labute approximate surface area is 83.1 Å². The number of hydrogen-bond donors (Lipinski definition) is 1. The lowest BCUT2D eigenvalue weighted by Crippen LogP contribution is -2.36. The minimum Gasteiger partial charge on any atom is -0.330 e.